The lowest BCUT2D eigenvalue weighted by Crippen LogP contribution is -2.29. The van der Waals surface area contributed by atoms with Gasteiger partial charge in [0.05, 0.1) is 11.3 Å². The highest BCUT2D eigenvalue weighted by Gasteiger charge is 2.27. The van der Waals surface area contributed by atoms with Gasteiger partial charge in [0, 0.05) is 17.8 Å². The predicted molar refractivity (Wildman–Crippen MR) is 78.9 cm³/mol. The second-order valence-corrected chi connectivity index (χ2v) is 5.24. The van der Waals surface area contributed by atoms with Gasteiger partial charge in [0.15, 0.2) is 5.82 Å². The number of hydrogen-bond donors (Lipinski definition) is 1. The lowest BCUT2D eigenvalue weighted by atomic mass is 10.1. The molecule has 8 heteroatoms. The number of allylic oxidation sites excluding steroid dienone is 1. The van der Waals surface area contributed by atoms with E-state index in [1.54, 1.807) is 6.92 Å². The number of nitrogens with zero attached hydrogens (tertiary/aromatic N) is 4. The molecule has 1 N–H and O–H groups in total. The van der Waals surface area contributed by atoms with E-state index in [0.29, 0.717) is 11.1 Å². The van der Waals surface area contributed by atoms with Crippen LogP contribution in [0.25, 0.3) is 5.57 Å². The molecular formula is C13H15ClN4O3. The van der Waals surface area contributed by atoms with Crippen LogP contribution in [0.5, 0.6) is 0 Å². The second-order valence-electron chi connectivity index (χ2n) is 4.91. The average Bonchev–Trinajstić information content (AvgIpc) is 2.92. The highest BCUT2D eigenvalue weighted by Crippen LogP contribution is 2.32. The molecule has 1 fully saturated rings. The van der Waals surface area contributed by atoms with Gasteiger partial charge in [-0.2, -0.15) is 4.98 Å². The quantitative estimate of drug-likeness (QED) is 0.388. The first-order valence-electron chi connectivity index (χ1n) is 6.59. The van der Waals surface area contributed by atoms with E-state index in [9.17, 15) is 9.70 Å². The fraction of sp³-hybridized carbons (Fsp3) is 0.462. The summed E-state index contributed by atoms with van der Waals surface area (Å²) in [5.41, 5.74) is 0.870. The Morgan fingerprint density at radius 3 is 2.76 bits per heavy atom. The predicted octanol–water partition coefficient (Wildman–Crippen LogP) is 3.05. The molecule has 0 atom stereocenters. The van der Waals surface area contributed by atoms with Crippen molar-refractivity contribution in [3.8, 4) is 0 Å². The van der Waals surface area contributed by atoms with Crippen molar-refractivity contribution >= 4 is 29.0 Å². The van der Waals surface area contributed by atoms with Gasteiger partial charge in [-0.25, -0.2) is 14.8 Å². The summed E-state index contributed by atoms with van der Waals surface area (Å²) < 4.78 is 0. The molecule has 0 bridgehead atoms. The summed E-state index contributed by atoms with van der Waals surface area (Å²) in [5.74, 6) is -0.827. The SMILES string of the molecule is CC(=CC(=O)O)c1cnc(Cl)nc1N(N=O)C1CCCC1. The Hall–Kier alpha value is -2.02. The Balaban J connectivity index is 2.47. The maximum absolute atomic E-state index is 11.2. The van der Waals surface area contributed by atoms with E-state index in [1.807, 2.05) is 0 Å². The van der Waals surface area contributed by atoms with Crippen LogP contribution in [0.1, 0.15) is 38.2 Å². The Kier molecular flexibility index (Phi) is 4.85. The number of hydrogen-bond acceptors (Lipinski definition) is 5. The first-order chi connectivity index (χ1) is 10.0. The van der Waals surface area contributed by atoms with Crippen LogP contribution in [-0.4, -0.2) is 27.1 Å². The Labute approximate surface area is 126 Å². The minimum Gasteiger partial charge on any atom is -0.478 e. The summed E-state index contributed by atoms with van der Waals surface area (Å²) >= 11 is 5.81. The van der Waals surface area contributed by atoms with Crippen LogP contribution in [0.4, 0.5) is 5.82 Å². The number of anilines is 1. The lowest BCUT2D eigenvalue weighted by molar-refractivity contribution is -0.131. The third-order valence-electron chi connectivity index (χ3n) is 3.48. The van der Waals surface area contributed by atoms with Gasteiger partial charge in [-0.1, -0.05) is 12.8 Å². The van der Waals surface area contributed by atoms with E-state index < -0.39 is 5.97 Å². The van der Waals surface area contributed by atoms with Crippen molar-refractivity contribution in [1.82, 2.24) is 9.97 Å². The topological polar surface area (TPSA) is 95.8 Å². The minimum atomic E-state index is -1.08. The smallest absolute Gasteiger partial charge is 0.328 e. The summed E-state index contributed by atoms with van der Waals surface area (Å²) in [4.78, 5) is 30.0. The van der Waals surface area contributed by atoms with Crippen molar-refractivity contribution in [2.75, 3.05) is 5.01 Å². The Bertz CT molecular complexity index is 585. The van der Waals surface area contributed by atoms with E-state index in [-0.39, 0.29) is 17.1 Å². The van der Waals surface area contributed by atoms with Crippen LogP contribution in [0.3, 0.4) is 0 Å². The van der Waals surface area contributed by atoms with Gasteiger partial charge in [-0.15, -0.1) is 4.91 Å². The first-order valence-corrected chi connectivity index (χ1v) is 6.97. The van der Waals surface area contributed by atoms with Crippen molar-refractivity contribution in [3.63, 3.8) is 0 Å². The summed E-state index contributed by atoms with van der Waals surface area (Å²) in [6, 6.07) is -0.0372. The van der Waals surface area contributed by atoms with Crippen LogP contribution in [0, 0.1) is 4.91 Å². The van der Waals surface area contributed by atoms with Crippen molar-refractivity contribution < 1.29 is 9.90 Å². The molecule has 0 radical (unpaired) electrons. The van der Waals surface area contributed by atoms with Crippen LogP contribution in [-0.2, 0) is 4.79 Å². The van der Waals surface area contributed by atoms with Gasteiger partial charge in [0.1, 0.15) is 0 Å². The summed E-state index contributed by atoms with van der Waals surface area (Å²) in [5, 5.41) is 13.2. The van der Waals surface area contributed by atoms with E-state index in [4.69, 9.17) is 16.7 Å². The van der Waals surface area contributed by atoms with E-state index in [0.717, 1.165) is 31.8 Å². The third-order valence-corrected chi connectivity index (χ3v) is 3.66. The summed E-state index contributed by atoms with van der Waals surface area (Å²) in [7, 11) is 0. The van der Waals surface area contributed by atoms with Crippen LogP contribution in [0.2, 0.25) is 5.28 Å². The van der Waals surface area contributed by atoms with Gasteiger partial charge in [-0.3, -0.25) is 0 Å². The highest BCUT2D eigenvalue weighted by molar-refractivity contribution is 6.28. The monoisotopic (exact) mass is 310 g/mol. The first kappa shape index (κ1) is 15.4. The molecule has 0 aliphatic heterocycles. The number of carboxylic acids is 1. The molecule has 1 aromatic heterocycles. The molecule has 0 aromatic carbocycles. The van der Waals surface area contributed by atoms with Crippen molar-refractivity contribution in [3.05, 3.63) is 28.0 Å². The molecule has 1 saturated carbocycles. The van der Waals surface area contributed by atoms with Gasteiger partial charge < -0.3 is 5.11 Å². The fourth-order valence-electron chi connectivity index (χ4n) is 2.49. The van der Waals surface area contributed by atoms with E-state index >= 15 is 0 Å². The zero-order valence-electron chi connectivity index (χ0n) is 11.5. The largest absolute Gasteiger partial charge is 0.478 e. The Morgan fingerprint density at radius 1 is 1.52 bits per heavy atom. The van der Waals surface area contributed by atoms with Crippen LogP contribution >= 0.6 is 11.6 Å². The third kappa shape index (κ3) is 3.55. The molecule has 0 unspecified atom stereocenters. The van der Waals surface area contributed by atoms with Crippen molar-refractivity contribution in [1.29, 1.82) is 0 Å². The highest BCUT2D eigenvalue weighted by atomic mass is 35.5. The van der Waals surface area contributed by atoms with E-state index in [2.05, 4.69) is 15.3 Å². The molecule has 21 heavy (non-hydrogen) atoms. The molecule has 0 amide bonds. The number of carboxylic acid groups (broad SMARTS) is 1. The van der Waals surface area contributed by atoms with Gasteiger partial charge >= 0.3 is 5.97 Å². The minimum absolute atomic E-state index is 0.0106. The van der Waals surface area contributed by atoms with Crippen molar-refractivity contribution in [2.24, 2.45) is 5.29 Å². The molecule has 112 valence electrons. The number of rotatable bonds is 5. The lowest BCUT2D eigenvalue weighted by Gasteiger charge is -2.23. The zero-order valence-corrected chi connectivity index (χ0v) is 12.2. The number of aromatic nitrogens is 2. The van der Waals surface area contributed by atoms with Gasteiger partial charge in [-0.05, 0) is 36.9 Å². The fourth-order valence-corrected chi connectivity index (χ4v) is 2.62. The van der Waals surface area contributed by atoms with Crippen molar-refractivity contribution in [2.45, 2.75) is 38.6 Å². The molecule has 0 spiro atoms. The number of carbonyl (C=O) groups is 1. The second kappa shape index (κ2) is 6.62. The maximum Gasteiger partial charge on any atom is 0.328 e. The molecule has 1 aliphatic carbocycles. The zero-order chi connectivity index (χ0) is 15.4. The molecule has 2 rings (SSSR count). The molecule has 1 aliphatic rings. The van der Waals surface area contributed by atoms with E-state index in [1.165, 1.54) is 11.2 Å². The van der Waals surface area contributed by atoms with Crippen LogP contribution in [0.15, 0.2) is 17.6 Å². The molecular weight excluding hydrogens is 296 g/mol. The molecule has 7 nitrogen and oxygen atoms in total. The van der Waals surface area contributed by atoms with Gasteiger partial charge in [0.25, 0.3) is 0 Å². The summed E-state index contributed by atoms with van der Waals surface area (Å²) in [6.45, 7) is 1.61. The molecule has 1 aromatic rings. The molecule has 0 saturated heterocycles. The summed E-state index contributed by atoms with van der Waals surface area (Å²) in [6.07, 6.45) is 6.17. The normalized spacial score (nSPS) is 16.0. The Morgan fingerprint density at radius 2 is 2.19 bits per heavy atom. The average molecular weight is 311 g/mol. The van der Waals surface area contributed by atoms with Crippen LogP contribution < -0.4 is 5.01 Å². The number of halogens is 1. The number of aliphatic carboxylic acids is 1. The standard InChI is InChI=1S/C13H15ClN4O3/c1-8(6-11(19)20)10-7-15-13(14)16-12(10)18(17-21)9-4-2-3-5-9/h6-7,9H,2-5H2,1H3,(H,19,20). The number of nitroso groups, excluding NO2 is 1. The van der Waals surface area contributed by atoms with Gasteiger partial charge in [0.2, 0.25) is 5.28 Å². The maximum atomic E-state index is 11.2. The molecule has 1 heterocycles.